The monoisotopic (exact) mass is 960 g/mol. The summed E-state index contributed by atoms with van der Waals surface area (Å²) in [5.41, 5.74) is 16.4. The summed E-state index contributed by atoms with van der Waals surface area (Å²) < 4.78 is 0. The standard InChI is InChI=1S/C71H52N2Si/c1-49-35-39-53(40-36-49)72(51-21-7-3-8-22-51)55-43-45-61-63(47-55)59-29-15-16-30-60(59)69-62-46-44-56(73(52-23-9-4-10-24-52)54-41-37-50(2)38-42-54)48-66(62)71(70(61)69)64-31-17-19-33-67(64)74(57-25-11-5-12-26-57,58-27-13-6-14-28-58)68-34-20-18-32-65(68)71/h3-48H,1-2H3. The average molecular weight is 961 g/mol. The highest BCUT2D eigenvalue weighted by atomic mass is 28.3. The van der Waals surface area contributed by atoms with Crippen molar-refractivity contribution in [3.63, 3.8) is 0 Å². The number of para-hydroxylation sites is 2. The predicted octanol–water partition coefficient (Wildman–Crippen LogP) is 15.6. The Morgan fingerprint density at radius 2 is 0.703 bits per heavy atom. The molecule has 1 spiro atoms. The third kappa shape index (κ3) is 6.43. The number of benzene rings is 12. The number of rotatable bonds is 8. The van der Waals surface area contributed by atoms with Gasteiger partial charge in [-0.2, -0.15) is 0 Å². The van der Waals surface area contributed by atoms with E-state index in [-0.39, 0.29) is 0 Å². The molecule has 12 aromatic rings. The number of fused-ring (bicyclic) bond motifs is 14. The largest absolute Gasteiger partial charge is 0.310 e. The lowest BCUT2D eigenvalue weighted by Crippen LogP contribution is -2.79. The van der Waals surface area contributed by atoms with Crippen molar-refractivity contribution in [2.24, 2.45) is 0 Å². The van der Waals surface area contributed by atoms with E-state index >= 15 is 0 Å². The maximum Gasteiger partial charge on any atom is 0.180 e. The summed E-state index contributed by atoms with van der Waals surface area (Å²) >= 11 is 0. The minimum absolute atomic E-state index is 0.733. The van der Waals surface area contributed by atoms with Crippen LogP contribution >= 0.6 is 0 Å². The van der Waals surface area contributed by atoms with Gasteiger partial charge in [-0.3, -0.25) is 0 Å². The predicted molar refractivity (Wildman–Crippen MR) is 315 cm³/mol. The van der Waals surface area contributed by atoms with Crippen molar-refractivity contribution in [3.05, 3.63) is 312 Å². The van der Waals surface area contributed by atoms with Crippen LogP contribution in [0.4, 0.5) is 34.1 Å². The van der Waals surface area contributed by atoms with Crippen LogP contribution in [0.25, 0.3) is 32.7 Å². The SMILES string of the molecule is Cc1ccc(N(c2ccccc2)c2ccc3c(c2)C2(c4ccccc4[Si](c4ccccc4)(c4ccccc4)c4ccccc42)c2c-3c3ccccc3c3cc(N(c4ccccc4)c4ccc(C)cc4)ccc23)cc1. The summed E-state index contributed by atoms with van der Waals surface area (Å²) in [6, 6.07) is 105. The van der Waals surface area contributed by atoms with Crippen molar-refractivity contribution >= 4 is 84.5 Å². The number of anilines is 6. The number of nitrogens with zero attached hydrogens (tertiary/aromatic N) is 2. The van der Waals surface area contributed by atoms with Crippen molar-refractivity contribution in [2.75, 3.05) is 9.80 Å². The lowest BCUT2D eigenvalue weighted by molar-refractivity contribution is 0.781. The number of hydrogen-bond donors (Lipinski definition) is 0. The van der Waals surface area contributed by atoms with Crippen LogP contribution in [0.5, 0.6) is 0 Å². The fraction of sp³-hybridized carbons (Fsp3) is 0.0423. The molecule has 74 heavy (non-hydrogen) atoms. The van der Waals surface area contributed by atoms with E-state index in [0.717, 1.165) is 34.1 Å². The van der Waals surface area contributed by atoms with Crippen molar-refractivity contribution in [1.82, 2.24) is 0 Å². The van der Waals surface area contributed by atoms with Crippen LogP contribution in [-0.4, -0.2) is 8.07 Å². The van der Waals surface area contributed by atoms with E-state index in [1.165, 1.54) is 86.8 Å². The van der Waals surface area contributed by atoms with Gasteiger partial charge in [0.25, 0.3) is 0 Å². The van der Waals surface area contributed by atoms with Crippen molar-refractivity contribution in [2.45, 2.75) is 19.3 Å². The van der Waals surface area contributed by atoms with Crippen LogP contribution in [0, 0.1) is 13.8 Å². The Hall–Kier alpha value is -9.02. The Balaban J connectivity index is 1.14. The van der Waals surface area contributed by atoms with Gasteiger partial charge in [0.2, 0.25) is 0 Å². The molecule has 0 unspecified atom stereocenters. The summed E-state index contributed by atoms with van der Waals surface area (Å²) in [4.78, 5) is 4.85. The highest BCUT2D eigenvalue weighted by Gasteiger charge is 2.58. The summed E-state index contributed by atoms with van der Waals surface area (Å²) in [6.45, 7) is 4.32. The second kappa shape index (κ2) is 17.3. The molecule has 1 aliphatic heterocycles. The van der Waals surface area contributed by atoms with Crippen molar-refractivity contribution in [1.29, 1.82) is 0 Å². The molecule has 12 aromatic carbocycles. The van der Waals surface area contributed by atoms with Crippen LogP contribution in [-0.2, 0) is 5.41 Å². The fourth-order valence-corrected chi connectivity index (χ4v) is 18.3. The second-order valence-corrected chi connectivity index (χ2v) is 23.8. The van der Waals surface area contributed by atoms with Gasteiger partial charge in [-0.15, -0.1) is 0 Å². The van der Waals surface area contributed by atoms with Gasteiger partial charge >= 0.3 is 0 Å². The first-order valence-electron chi connectivity index (χ1n) is 25.8. The normalized spacial score (nSPS) is 13.5. The molecule has 0 radical (unpaired) electrons. The molecule has 0 aromatic heterocycles. The highest BCUT2D eigenvalue weighted by Crippen LogP contribution is 2.62. The van der Waals surface area contributed by atoms with E-state index in [4.69, 9.17) is 0 Å². The van der Waals surface area contributed by atoms with E-state index < -0.39 is 13.5 Å². The first-order chi connectivity index (χ1) is 36.5. The maximum absolute atomic E-state index is 3.00. The average Bonchev–Trinajstić information content (AvgIpc) is 3.78. The summed E-state index contributed by atoms with van der Waals surface area (Å²) in [6.07, 6.45) is 0. The molecule has 0 N–H and O–H groups in total. The molecule has 2 aliphatic rings. The molecular weight excluding hydrogens is 909 g/mol. The van der Waals surface area contributed by atoms with Crippen LogP contribution in [0.1, 0.15) is 33.4 Å². The molecule has 0 fully saturated rings. The van der Waals surface area contributed by atoms with Gasteiger partial charge in [-0.1, -0.05) is 217 Å². The minimum Gasteiger partial charge on any atom is -0.310 e. The lowest BCUT2D eigenvalue weighted by atomic mass is 9.66. The third-order valence-corrected chi connectivity index (χ3v) is 21.0. The van der Waals surface area contributed by atoms with E-state index in [0.29, 0.717) is 0 Å². The van der Waals surface area contributed by atoms with Gasteiger partial charge < -0.3 is 9.80 Å². The molecule has 0 atom stereocenters. The van der Waals surface area contributed by atoms with Crippen molar-refractivity contribution in [3.8, 4) is 11.1 Å². The number of aryl methyl sites for hydroxylation is 2. The van der Waals surface area contributed by atoms with Crippen LogP contribution in [0.2, 0.25) is 0 Å². The summed E-state index contributed by atoms with van der Waals surface area (Å²) in [5.74, 6) is 0. The van der Waals surface area contributed by atoms with E-state index in [2.05, 4.69) is 303 Å². The van der Waals surface area contributed by atoms with Gasteiger partial charge in [0.1, 0.15) is 0 Å². The maximum atomic E-state index is 2.55. The summed E-state index contributed by atoms with van der Waals surface area (Å²) in [7, 11) is -3.00. The van der Waals surface area contributed by atoms with Crippen LogP contribution in [0.15, 0.2) is 279 Å². The van der Waals surface area contributed by atoms with Gasteiger partial charge in [-0.05, 0) is 162 Å². The molecule has 0 bridgehead atoms. The molecular formula is C71H52N2Si. The Bertz CT molecular complexity index is 3990. The zero-order chi connectivity index (χ0) is 49.4. The van der Waals surface area contributed by atoms with Gasteiger partial charge in [0.05, 0.1) is 5.41 Å². The molecule has 3 heteroatoms. The smallest absolute Gasteiger partial charge is 0.180 e. The van der Waals surface area contributed by atoms with Crippen molar-refractivity contribution < 1.29 is 0 Å². The van der Waals surface area contributed by atoms with Crippen LogP contribution in [0.3, 0.4) is 0 Å². The van der Waals surface area contributed by atoms with Gasteiger partial charge in [0, 0.05) is 34.1 Å². The van der Waals surface area contributed by atoms with E-state index in [9.17, 15) is 0 Å². The molecule has 1 heterocycles. The lowest BCUT2D eigenvalue weighted by Gasteiger charge is -2.49. The Labute approximate surface area is 434 Å². The molecule has 0 saturated carbocycles. The van der Waals surface area contributed by atoms with Gasteiger partial charge in [-0.25, -0.2) is 0 Å². The summed E-state index contributed by atoms with van der Waals surface area (Å²) in [5, 5.41) is 10.6. The molecule has 2 nitrogen and oxygen atoms in total. The van der Waals surface area contributed by atoms with Gasteiger partial charge in [0.15, 0.2) is 8.07 Å². The zero-order valence-corrected chi connectivity index (χ0v) is 42.5. The molecule has 0 amide bonds. The van der Waals surface area contributed by atoms with Crippen LogP contribution < -0.4 is 30.5 Å². The van der Waals surface area contributed by atoms with E-state index in [1.54, 1.807) is 0 Å². The zero-order valence-electron chi connectivity index (χ0n) is 41.5. The molecule has 14 rings (SSSR count). The minimum atomic E-state index is -3.00. The third-order valence-electron chi connectivity index (χ3n) is 16.1. The Kier molecular flexibility index (Phi) is 10.2. The highest BCUT2D eigenvalue weighted by molar-refractivity contribution is 7.20. The first kappa shape index (κ1) is 43.7. The quantitative estimate of drug-likeness (QED) is 0.111. The van der Waals surface area contributed by atoms with E-state index in [1.807, 2.05) is 0 Å². The molecule has 350 valence electrons. The molecule has 1 aliphatic carbocycles. The Morgan fingerprint density at radius 1 is 0.297 bits per heavy atom. The fourth-order valence-electron chi connectivity index (χ4n) is 13.0. The second-order valence-electron chi connectivity index (χ2n) is 20.1. The Morgan fingerprint density at radius 3 is 1.23 bits per heavy atom. The first-order valence-corrected chi connectivity index (χ1v) is 27.8. The topological polar surface area (TPSA) is 6.48 Å². The molecule has 0 saturated heterocycles. The number of hydrogen-bond acceptors (Lipinski definition) is 2.